The number of benzene rings is 1. The first-order valence-corrected chi connectivity index (χ1v) is 7.04. The third-order valence-electron chi connectivity index (χ3n) is 2.27. The van der Waals surface area contributed by atoms with Crippen LogP contribution in [-0.4, -0.2) is 21.0 Å². The van der Waals surface area contributed by atoms with Gasteiger partial charge in [-0.15, -0.1) is 11.8 Å². The van der Waals surface area contributed by atoms with Gasteiger partial charge in [0.05, 0.1) is 5.75 Å². The van der Waals surface area contributed by atoms with Gasteiger partial charge < -0.3 is 10.1 Å². The molecule has 0 aliphatic heterocycles. The number of hydrogen-bond acceptors (Lipinski definition) is 4. The molecule has 98 valence electrons. The predicted molar refractivity (Wildman–Crippen MR) is 75.5 cm³/mol. The van der Waals surface area contributed by atoms with E-state index in [-0.39, 0.29) is 5.56 Å². The Hall–Kier alpha value is -1.60. The molecular weight excluding hydrogens is 332 g/mol. The lowest BCUT2D eigenvalue weighted by Gasteiger charge is -2.02. The minimum absolute atomic E-state index is 0.350. The van der Waals surface area contributed by atoms with Crippen LogP contribution in [0.1, 0.15) is 16.2 Å². The van der Waals surface area contributed by atoms with Crippen molar-refractivity contribution in [2.45, 2.75) is 10.6 Å². The van der Waals surface area contributed by atoms with Gasteiger partial charge in [0, 0.05) is 15.6 Å². The number of aromatic amines is 1. The molecule has 5 nitrogen and oxygen atoms in total. The average molecular weight is 341 g/mol. The van der Waals surface area contributed by atoms with E-state index in [0.717, 1.165) is 15.6 Å². The largest absolute Gasteiger partial charge is 0.477 e. The van der Waals surface area contributed by atoms with Crippen LogP contribution < -0.4 is 5.56 Å². The molecule has 0 spiro atoms. The van der Waals surface area contributed by atoms with E-state index in [1.165, 1.54) is 11.8 Å². The number of halogens is 1. The molecule has 0 aliphatic rings. The summed E-state index contributed by atoms with van der Waals surface area (Å²) in [5, 5.41) is 8.72. The highest BCUT2D eigenvalue weighted by Gasteiger charge is 2.09. The molecule has 0 bridgehead atoms. The number of nitrogens with zero attached hydrogens (tertiary/aromatic N) is 1. The zero-order valence-corrected chi connectivity index (χ0v) is 12.0. The molecule has 0 fully saturated rings. The van der Waals surface area contributed by atoms with Crippen molar-refractivity contribution in [3.05, 3.63) is 56.7 Å². The van der Waals surface area contributed by atoms with E-state index in [4.69, 9.17) is 5.11 Å². The Kier molecular flexibility index (Phi) is 4.39. The number of thioether (sulfide) groups is 1. The first kappa shape index (κ1) is 13.8. The quantitative estimate of drug-likeness (QED) is 0.835. The van der Waals surface area contributed by atoms with Crippen molar-refractivity contribution >= 4 is 33.7 Å². The maximum Gasteiger partial charge on any atom is 0.342 e. The molecule has 19 heavy (non-hydrogen) atoms. The molecule has 0 radical (unpaired) electrons. The SMILES string of the molecule is O=C(O)c1cnc(CSc2ccc(Br)cc2)[nH]c1=O. The van der Waals surface area contributed by atoms with Crippen LogP contribution in [0.5, 0.6) is 0 Å². The number of H-pyrrole nitrogens is 1. The second kappa shape index (κ2) is 6.03. The number of aromatic carboxylic acids is 1. The number of carboxylic acids is 1. The minimum Gasteiger partial charge on any atom is -0.477 e. The summed E-state index contributed by atoms with van der Waals surface area (Å²) in [6.45, 7) is 0. The summed E-state index contributed by atoms with van der Waals surface area (Å²) in [4.78, 5) is 29.5. The van der Waals surface area contributed by atoms with Gasteiger partial charge in [0.15, 0.2) is 0 Å². The molecule has 2 N–H and O–H groups in total. The van der Waals surface area contributed by atoms with Crippen LogP contribution in [-0.2, 0) is 5.75 Å². The van der Waals surface area contributed by atoms with Gasteiger partial charge in [-0.3, -0.25) is 4.79 Å². The van der Waals surface area contributed by atoms with Gasteiger partial charge in [0.25, 0.3) is 5.56 Å². The van der Waals surface area contributed by atoms with E-state index < -0.39 is 11.5 Å². The first-order valence-electron chi connectivity index (χ1n) is 5.26. The van der Waals surface area contributed by atoms with Crippen LogP contribution in [0.15, 0.2) is 44.6 Å². The molecule has 2 aromatic rings. The van der Waals surface area contributed by atoms with Gasteiger partial charge in [-0.25, -0.2) is 9.78 Å². The highest BCUT2D eigenvalue weighted by atomic mass is 79.9. The Labute approximate surface area is 121 Å². The van der Waals surface area contributed by atoms with Crippen LogP contribution in [0.4, 0.5) is 0 Å². The van der Waals surface area contributed by atoms with Crippen LogP contribution in [0.2, 0.25) is 0 Å². The van der Waals surface area contributed by atoms with Gasteiger partial charge in [0.1, 0.15) is 11.4 Å². The summed E-state index contributed by atoms with van der Waals surface area (Å²) in [5.74, 6) is -0.361. The fraction of sp³-hybridized carbons (Fsp3) is 0.0833. The minimum atomic E-state index is -1.28. The summed E-state index contributed by atoms with van der Waals surface area (Å²) in [7, 11) is 0. The van der Waals surface area contributed by atoms with E-state index in [9.17, 15) is 9.59 Å². The number of carbonyl (C=O) groups is 1. The van der Waals surface area contributed by atoms with Crippen molar-refractivity contribution in [3.8, 4) is 0 Å². The fourth-order valence-corrected chi connectivity index (χ4v) is 2.38. The second-order valence-electron chi connectivity index (χ2n) is 3.62. The molecule has 0 unspecified atom stereocenters. The van der Waals surface area contributed by atoms with Crippen molar-refractivity contribution in [2.75, 3.05) is 0 Å². The highest BCUT2D eigenvalue weighted by Crippen LogP contribution is 2.22. The van der Waals surface area contributed by atoms with Gasteiger partial charge in [-0.2, -0.15) is 0 Å². The summed E-state index contributed by atoms with van der Waals surface area (Å²) >= 11 is 4.85. The lowest BCUT2D eigenvalue weighted by Crippen LogP contribution is -2.19. The topological polar surface area (TPSA) is 83.0 Å². The standard InChI is InChI=1S/C12H9BrN2O3S/c13-7-1-3-8(4-2-7)19-6-10-14-5-9(12(17)18)11(16)15-10/h1-5H,6H2,(H,17,18)(H,14,15,16). The van der Waals surface area contributed by atoms with Crippen molar-refractivity contribution in [1.82, 2.24) is 9.97 Å². The molecule has 7 heteroatoms. The van der Waals surface area contributed by atoms with Crippen molar-refractivity contribution in [1.29, 1.82) is 0 Å². The number of aromatic nitrogens is 2. The average Bonchev–Trinajstić information content (AvgIpc) is 2.37. The Bertz CT molecular complexity index is 655. The molecule has 2 rings (SSSR count). The fourth-order valence-electron chi connectivity index (χ4n) is 1.34. The highest BCUT2D eigenvalue weighted by molar-refractivity contribution is 9.10. The first-order chi connectivity index (χ1) is 9.06. The van der Waals surface area contributed by atoms with Crippen molar-refractivity contribution in [2.24, 2.45) is 0 Å². The van der Waals surface area contributed by atoms with E-state index in [0.29, 0.717) is 11.6 Å². The molecule has 1 aromatic carbocycles. The third kappa shape index (κ3) is 3.68. The van der Waals surface area contributed by atoms with Crippen molar-refractivity contribution in [3.63, 3.8) is 0 Å². The van der Waals surface area contributed by atoms with Crippen LogP contribution >= 0.6 is 27.7 Å². The van der Waals surface area contributed by atoms with Gasteiger partial charge in [-0.1, -0.05) is 15.9 Å². The Morgan fingerprint density at radius 2 is 2.05 bits per heavy atom. The van der Waals surface area contributed by atoms with Gasteiger partial charge >= 0.3 is 5.97 Å². The normalized spacial score (nSPS) is 10.4. The monoisotopic (exact) mass is 340 g/mol. The Morgan fingerprint density at radius 1 is 1.37 bits per heavy atom. The smallest absolute Gasteiger partial charge is 0.342 e. The summed E-state index contributed by atoms with van der Waals surface area (Å²) in [6, 6.07) is 7.73. The maximum atomic E-state index is 11.4. The number of rotatable bonds is 4. The van der Waals surface area contributed by atoms with E-state index >= 15 is 0 Å². The molecule has 0 saturated heterocycles. The molecular formula is C12H9BrN2O3S. The molecule has 1 heterocycles. The predicted octanol–water partition coefficient (Wildman–Crippen LogP) is 2.52. The van der Waals surface area contributed by atoms with Crippen LogP contribution in [0, 0.1) is 0 Å². The third-order valence-corrected chi connectivity index (χ3v) is 3.82. The molecule has 0 saturated carbocycles. The number of hydrogen-bond donors (Lipinski definition) is 2. The van der Waals surface area contributed by atoms with Gasteiger partial charge in [0.2, 0.25) is 0 Å². The van der Waals surface area contributed by atoms with Crippen LogP contribution in [0.3, 0.4) is 0 Å². The van der Waals surface area contributed by atoms with Crippen LogP contribution in [0.25, 0.3) is 0 Å². The summed E-state index contributed by atoms with van der Waals surface area (Å²) in [5.41, 5.74) is -0.980. The van der Waals surface area contributed by atoms with Gasteiger partial charge in [-0.05, 0) is 24.3 Å². The zero-order chi connectivity index (χ0) is 13.8. The second-order valence-corrected chi connectivity index (χ2v) is 5.58. The molecule has 0 amide bonds. The van der Waals surface area contributed by atoms with E-state index in [2.05, 4.69) is 25.9 Å². The zero-order valence-electron chi connectivity index (χ0n) is 9.59. The molecule has 0 atom stereocenters. The summed E-state index contributed by atoms with van der Waals surface area (Å²) in [6.07, 6.45) is 1.08. The lowest BCUT2D eigenvalue weighted by atomic mass is 10.3. The Balaban J connectivity index is 2.08. The number of nitrogens with one attached hydrogen (secondary N) is 1. The van der Waals surface area contributed by atoms with E-state index in [1.54, 1.807) is 0 Å². The molecule has 0 aliphatic carbocycles. The van der Waals surface area contributed by atoms with E-state index in [1.807, 2.05) is 24.3 Å². The lowest BCUT2D eigenvalue weighted by molar-refractivity contribution is 0.0694. The molecule has 1 aromatic heterocycles. The van der Waals surface area contributed by atoms with Crippen molar-refractivity contribution < 1.29 is 9.90 Å². The summed E-state index contributed by atoms with van der Waals surface area (Å²) < 4.78 is 0.995. The maximum absolute atomic E-state index is 11.4. The Morgan fingerprint density at radius 3 is 2.63 bits per heavy atom. The number of carboxylic acid groups (broad SMARTS) is 1.